The molecule has 0 aliphatic heterocycles. The molecule has 5 nitrogen and oxygen atoms in total. The van der Waals surface area contributed by atoms with E-state index >= 15 is 0 Å². The van der Waals surface area contributed by atoms with Crippen LogP contribution in [0, 0.1) is 5.92 Å². The third-order valence-electron chi connectivity index (χ3n) is 3.44. The molecule has 0 fully saturated rings. The Morgan fingerprint density at radius 1 is 1.47 bits per heavy atom. The third-order valence-corrected chi connectivity index (χ3v) is 3.44. The first-order chi connectivity index (χ1) is 9.17. The molecule has 1 aromatic heterocycles. The van der Waals surface area contributed by atoms with Crippen LogP contribution in [0.1, 0.15) is 30.1 Å². The number of aliphatic hydroxyl groups is 1. The van der Waals surface area contributed by atoms with Crippen molar-refractivity contribution in [1.29, 1.82) is 0 Å². The molecule has 2 N–H and O–H groups in total. The highest BCUT2D eigenvalue weighted by Gasteiger charge is 2.15. The van der Waals surface area contributed by atoms with Gasteiger partial charge in [-0.15, -0.1) is 0 Å². The maximum Gasteiger partial charge on any atom is 0.337 e. The average molecular weight is 262 g/mol. The SMILES string of the molecule is CCC(CCO)Cn1cnc2cccc(C(=O)O)c21. The quantitative estimate of drug-likeness (QED) is 0.836. The van der Waals surface area contributed by atoms with Crippen molar-refractivity contribution in [3.63, 3.8) is 0 Å². The Balaban J connectivity index is 2.40. The van der Waals surface area contributed by atoms with E-state index in [4.69, 9.17) is 5.11 Å². The van der Waals surface area contributed by atoms with Crippen LogP contribution in [0.3, 0.4) is 0 Å². The van der Waals surface area contributed by atoms with Crippen LogP contribution in [0.2, 0.25) is 0 Å². The molecule has 1 heterocycles. The van der Waals surface area contributed by atoms with Gasteiger partial charge in [0.2, 0.25) is 0 Å². The fraction of sp³-hybridized carbons (Fsp3) is 0.429. The van der Waals surface area contributed by atoms with E-state index in [1.807, 2.05) is 10.6 Å². The smallest absolute Gasteiger partial charge is 0.337 e. The van der Waals surface area contributed by atoms with Gasteiger partial charge in [-0.2, -0.15) is 0 Å². The van der Waals surface area contributed by atoms with Gasteiger partial charge in [0.05, 0.1) is 22.9 Å². The summed E-state index contributed by atoms with van der Waals surface area (Å²) in [5.74, 6) is -0.619. The van der Waals surface area contributed by atoms with E-state index in [9.17, 15) is 9.90 Å². The third kappa shape index (κ3) is 2.76. The molecule has 0 spiro atoms. The standard InChI is InChI=1S/C14H18N2O3/c1-2-10(6-7-17)8-16-9-15-12-5-3-4-11(13(12)16)14(18)19/h3-5,9-10,17H,2,6-8H2,1H3,(H,18,19). The first-order valence-electron chi connectivity index (χ1n) is 6.45. The molecule has 1 atom stereocenters. The minimum Gasteiger partial charge on any atom is -0.478 e. The lowest BCUT2D eigenvalue weighted by Crippen LogP contribution is -2.12. The molecular weight excluding hydrogens is 244 g/mol. The van der Waals surface area contributed by atoms with Crippen LogP contribution in [0.4, 0.5) is 0 Å². The Bertz CT molecular complexity index is 577. The summed E-state index contributed by atoms with van der Waals surface area (Å²) in [7, 11) is 0. The largest absolute Gasteiger partial charge is 0.478 e. The van der Waals surface area contributed by atoms with Crippen molar-refractivity contribution in [2.24, 2.45) is 5.92 Å². The van der Waals surface area contributed by atoms with Crippen LogP contribution >= 0.6 is 0 Å². The molecule has 5 heteroatoms. The van der Waals surface area contributed by atoms with Gasteiger partial charge in [-0.05, 0) is 24.5 Å². The number of aromatic nitrogens is 2. The number of para-hydroxylation sites is 1. The molecule has 0 radical (unpaired) electrons. The van der Waals surface area contributed by atoms with Gasteiger partial charge in [0, 0.05) is 13.2 Å². The van der Waals surface area contributed by atoms with Crippen LogP contribution in [0.5, 0.6) is 0 Å². The van der Waals surface area contributed by atoms with Crippen LogP contribution in [0.15, 0.2) is 24.5 Å². The number of carbonyl (C=O) groups is 1. The highest BCUT2D eigenvalue weighted by Crippen LogP contribution is 2.21. The normalized spacial score (nSPS) is 12.7. The highest BCUT2D eigenvalue weighted by molar-refractivity contribution is 6.01. The second-order valence-electron chi connectivity index (χ2n) is 4.66. The minimum absolute atomic E-state index is 0.150. The molecule has 102 valence electrons. The number of hydrogen-bond donors (Lipinski definition) is 2. The molecule has 0 saturated heterocycles. The number of hydrogen-bond acceptors (Lipinski definition) is 3. The summed E-state index contributed by atoms with van der Waals surface area (Å²) < 4.78 is 1.88. The average Bonchev–Trinajstić information content (AvgIpc) is 2.81. The first-order valence-corrected chi connectivity index (χ1v) is 6.45. The topological polar surface area (TPSA) is 75.3 Å². The molecule has 0 aliphatic carbocycles. The zero-order valence-corrected chi connectivity index (χ0v) is 10.9. The summed E-state index contributed by atoms with van der Waals surface area (Å²) in [6.07, 6.45) is 3.33. The fourth-order valence-electron chi connectivity index (χ4n) is 2.32. The van der Waals surface area contributed by atoms with E-state index in [2.05, 4.69) is 11.9 Å². The Morgan fingerprint density at radius 2 is 2.26 bits per heavy atom. The minimum atomic E-state index is -0.942. The summed E-state index contributed by atoms with van der Waals surface area (Å²) in [5.41, 5.74) is 1.62. The molecule has 1 unspecified atom stereocenters. The van der Waals surface area contributed by atoms with Crippen molar-refractivity contribution < 1.29 is 15.0 Å². The number of carboxylic acid groups (broad SMARTS) is 1. The van der Waals surface area contributed by atoms with E-state index in [1.54, 1.807) is 18.5 Å². The van der Waals surface area contributed by atoms with Crippen LogP contribution in [0.25, 0.3) is 11.0 Å². The molecule has 2 aromatic rings. The van der Waals surface area contributed by atoms with E-state index in [-0.39, 0.29) is 12.2 Å². The lowest BCUT2D eigenvalue weighted by atomic mass is 10.0. The summed E-state index contributed by atoms with van der Waals surface area (Å²) >= 11 is 0. The molecule has 0 amide bonds. The van der Waals surface area contributed by atoms with Crippen molar-refractivity contribution in [2.75, 3.05) is 6.61 Å². The first kappa shape index (κ1) is 13.5. The zero-order valence-electron chi connectivity index (χ0n) is 10.9. The van der Waals surface area contributed by atoms with Gasteiger partial charge in [-0.25, -0.2) is 9.78 Å². The molecule has 1 aromatic carbocycles. The second kappa shape index (κ2) is 5.84. The molecule has 0 aliphatic rings. The molecule has 2 rings (SSSR count). The van der Waals surface area contributed by atoms with Gasteiger partial charge in [-0.1, -0.05) is 19.4 Å². The Hall–Kier alpha value is -1.88. The predicted molar refractivity (Wildman–Crippen MR) is 72.2 cm³/mol. The van der Waals surface area contributed by atoms with E-state index in [1.165, 1.54) is 0 Å². The van der Waals surface area contributed by atoms with Crippen molar-refractivity contribution in [3.8, 4) is 0 Å². The van der Waals surface area contributed by atoms with Gasteiger partial charge in [-0.3, -0.25) is 0 Å². The van der Waals surface area contributed by atoms with E-state index in [0.29, 0.717) is 29.9 Å². The monoisotopic (exact) mass is 262 g/mol. The number of aromatic carboxylic acids is 1. The summed E-state index contributed by atoms with van der Waals surface area (Å²) in [6, 6.07) is 5.11. The van der Waals surface area contributed by atoms with Gasteiger partial charge >= 0.3 is 5.97 Å². The summed E-state index contributed by atoms with van der Waals surface area (Å²) in [6.45, 7) is 2.90. The van der Waals surface area contributed by atoms with Gasteiger partial charge in [0.1, 0.15) is 0 Å². The number of nitrogens with zero attached hydrogens (tertiary/aromatic N) is 2. The Labute approximate surface area is 111 Å². The Kier molecular flexibility index (Phi) is 4.16. The number of imidazole rings is 1. The van der Waals surface area contributed by atoms with Gasteiger partial charge in [0.25, 0.3) is 0 Å². The maximum absolute atomic E-state index is 11.3. The van der Waals surface area contributed by atoms with Crippen LogP contribution < -0.4 is 0 Å². The lowest BCUT2D eigenvalue weighted by Gasteiger charge is -2.15. The summed E-state index contributed by atoms with van der Waals surface area (Å²) in [5, 5.41) is 18.3. The van der Waals surface area contributed by atoms with Crippen LogP contribution in [-0.2, 0) is 6.54 Å². The predicted octanol–water partition coefficient (Wildman–Crippen LogP) is 2.14. The number of carboxylic acids is 1. The van der Waals surface area contributed by atoms with Crippen molar-refractivity contribution in [2.45, 2.75) is 26.3 Å². The van der Waals surface area contributed by atoms with Crippen molar-refractivity contribution in [3.05, 3.63) is 30.1 Å². The maximum atomic E-state index is 11.3. The van der Waals surface area contributed by atoms with Crippen molar-refractivity contribution in [1.82, 2.24) is 9.55 Å². The fourth-order valence-corrected chi connectivity index (χ4v) is 2.32. The van der Waals surface area contributed by atoms with Crippen molar-refractivity contribution >= 4 is 17.0 Å². The number of fused-ring (bicyclic) bond motifs is 1. The highest BCUT2D eigenvalue weighted by atomic mass is 16.4. The zero-order chi connectivity index (χ0) is 13.8. The molecule has 0 saturated carbocycles. The lowest BCUT2D eigenvalue weighted by molar-refractivity contribution is 0.0698. The second-order valence-corrected chi connectivity index (χ2v) is 4.66. The molecule has 0 bridgehead atoms. The van der Waals surface area contributed by atoms with Gasteiger partial charge in [0.15, 0.2) is 0 Å². The van der Waals surface area contributed by atoms with Gasteiger partial charge < -0.3 is 14.8 Å². The van der Waals surface area contributed by atoms with Crippen LogP contribution in [-0.4, -0.2) is 32.3 Å². The number of rotatable bonds is 6. The number of aliphatic hydroxyl groups excluding tert-OH is 1. The number of benzene rings is 1. The van der Waals surface area contributed by atoms with E-state index in [0.717, 1.165) is 6.42 Å². The molecular formula is C14H18N2O3. The van der Waals surface area contributed by atoms with E-state index < -0.39 is 5.97 Å². The Morgan fingerprint density at radius 3 is 2.89 bits per heavy atom. The summed E-state index contributed by atoms with van der Waals surface area (Å²) in [4.78, 5) is 15.5. The molecule has 19 heavy (non-hydrogen) atoms.